The monoisotopic (exact) mass is 339 g/mol. The Hall–Kier alpha value is -3.02. The Labute approximate surface area is 145 Å². The molecule has 6 heteroatoms. The van der Waals surface area contributed by atoms with Crippen LogP contribution in [0.3, 0.4) is 0 Å². The minimum atomic E-state index is -0.534. The Morgan fingerprint density at radius 2 is 1.76 bits per heavy atom. The summed E-state index contributed by atoms with van der Waals surface area (Å²) in [6.45, 7) is 5.98. The summed E-state index contributed by atoms with van der Waals surface area (Å²) in [5.74, 6) is -0.808. The van der Waals surface area contributed by atoms with Crippen LogP contribution in [-0.4, -0.2) is 23.6 Å². The van der Waals surface area contributed by atoms with Gasteiger partial charge < -0.3 is 14.6 Å². The van der Waals surface area contributed by atoms with Gasteiger partial charge in [-0.2, -0.15) is 0 Å². The van der Waals surface area contributed by atoms with Crippen LogP contribution in [0.4, 0.5) is 11.4 Å². The summed E-state index contributed by atoms with van der Waals surface area (Å²) in [5.41, 5.74) is 2.89. The minimum absolute atomic E-state index is 0.0896. The van der Waals surface area contributed by atoms with E-state index >= 15 is 0 Å². The quantitative estimate of drug-likeness (QED) is 0.749. The highest BCUT2D eigenvalue weighted by Crippen LogP contribution is 2.18. The van der Waals surface area contributed by atoms with Gasteiger partial charge in [0.25, 0.3) is 0 Å². The van der Waals surface area contributed by atoms with E-state index in [1.165, 1.54) is 4.57 Å². The fourth-order valence-electron chi connectivity index (χ4n) is 2.85. The first kappa shape index (κ1) is 16.8. The van der Waals surface area contributed by atoms with Crippen molar-refractivity contribution < 1.29 is 9.21 Å². The molecule has 0 saturated heterocycles. The molecule has 1 N–H and O–H groups in total. The molecule has 0 atom stereocenters. The first-order chi connectivity index (χ1) is 12.1. The number of oxazole rings is 1. The number of aromatic nitrogens is 1. The van der Waals surface area contributed by atoms with Gasteiger partial charge in [-0.05, 0) is 50.2 Å². The number of carbonyl (C=O) groups excluding carboxylic acids is 1. The molecule has 0 aliphatic rings. The number of hydrogen-bond acceptors (Lipinski definition) is 4. The van der Waals surface area contributed by atoms with E-state index in [4.69, 9.17) is 4.42 Å². The summed E-state index contributed by atoms with van der Waals surface area (Å²) in [7, 11) is 0. The lowest BCUT2D eigenvalue weighted by Gasteiger charge is -2.21. The number of nitrogens with zero attached hydrogens (tertiary/aromatic N) is 2. The maximum Gasteiger partial charge on any atom is 0.420 e. The number of carbonyl (C=O) groups is 1. The van der Waals surface area contributed by atoms with E-state index in [1.807, 2.05) is 24.3 Å². The first-order valence-corrected chi connectivity index (χ1v) is 8.35. The maximum atomic E-state index is 12.3. The van der Waals surface area contributed by atoms with Crippen LogP contribution < -0.4 is 16.0 Å². The van der Waals surface area contributed by atoms with Gasteiger partial charge in [-0.3, -0.25) is 9.36 Å². The number of para-hydroxylation sites is 2. The molecule has 2 aromatic carbocycles. The fraction of sp³-hybridized carbons (Fsp3) is 0.263. The molecular weight excluding hydrogens is 318 g/mol. The highest BCUT2D eigenvalue weighted by Gasteiger charge is 2.12. The molecular formula is C19H21N3O3. The van der Waals surface area contributed by atoms with Gasteiger partial charge in [0.05, 0.1) is 5.52 Å². The van der Waals surface area contributed by atoms with Crippen LogP contribution in [0.25, 0.3) is 11.1 Å². The molecule has 0 unspecified atom stereocenters. The molecule has 0 radical (unpaired) electrons. The van der Waals surface area contributed by atoms with E-state index in [9.17, 15) is 9.59 Å². The van der Waals surface area contributed by atoms with Crippen LogP contribution >= 0.6 is 0 Å². The third-order valence-corrected chi connectivity index (χ3v) is 4.16. The highest BCUT2D eigenvalue weighted by atomic mass is 16.4. The minimum Gasteiger partial charge on any atom is -0.408 e. The molecule has 0 bridgehead atoms. The average molecular weight is 339 g/mol. The molecule has 0 fully saturated rings. The van der Waals surface area contributed by atoms with E-state index in [1.54, 1.807) is 24.3 Å². The predicted molar refractivity (Wildman–Crippen MR) is 99.1 cm³/mol. The zero-order valence-corrected chi connectivity index (χ0v) is 14.4. The summed E-state index contributed by atoms with van der Waals surface area (Å²) < 4.78 is 6.47. The fourth-order valence-corrected chi connectivity index (χ4v) is 2.85. The summed E-state index contributed by atoms with van der Waals surface area (Å²) in [6, 6.07) is 14.7. The normalized spacial score (nSPS) is 10.8. The van der Waals surface area contributed by atoms with Gasteiger partial charge in [0.15, 0.2) is 5.58 Å². The predicted octanol–water partition coefficient (Wildman–Crippen LogP) is 3.08. The summed E-state index contributed by atoms with van der Waals surface area (Å²) in [5, 5.41) is 2.82. The second kappa shape index (κ2) is 7.25. The summed E-state index contributed by atoms with van der Waals surface area (Å²) >= 11 is 0. The molecule has 0 saturated carbocycles. The SMILES string of the molecule is CCN(CC)c1ccc(NC(=O)Cn2c(=O)oc3ccccc32)cc1. The number of benzene rings is 2. The van der Waals surface area contributed by atoms with Crippen LogP contribution in [0.1, 0.15) is 13.8 Å². The number of fused-ring (bicyclic) bond motifs is 1. The Morgan fingerprint density at radius 3 is 2.44 bits per heavy atom. The van der Waals surface area contributed by atoms with Gasteiger partial charge in [0.1, 0.15) is 6.54 Å². The first-order valence-electron chi connectivity index (χ1n) is 8.35. The van der Waals surface area contributed by atoms with Crippen LogP contribution in [0.15, 0.2) is 57.7 Å². The molecule has 1 heterocycles. The molecule has 6 nitrogen and oxygen atoms in total. The Kier molecular flexibility index (Phi) is 4.88. The van der Waals surface area contributed by atoms with Gasteiger partial charge in [-0.25, -0.2) is 4.79 Å². The van der Waals surface area contributed by atoms with Crippen molar-refractivity contribution in [3.63, 3.8) is 0 Å². The van der Waals surface area contributed by atoms with E-state index in [-0.39, 0.29) is 12.5 Å². The lowest BCUT2D eigenvalue weighted by molar-refractivity contribution is -0.116. The maximum absolute atomic E-state index is 12.3. The van der Waals surface area contributed by atoms with Crippen molar-refractivity contribution in [2.45, 2.75) is 20.4 Å². The number of anilines is 2. The van der Waals surface area contributed by atoms with Crippen molar-refractivity contribution in [2.24, 2.45) is 0 Å². The largest absolute Gasteiger partial charge is 0.420 e. The van der Waals surface area contributed by atoms with Crippen molar-refractivity contribution in [1.29, 1.82) is 0 Å². The average Bonchev–Trinajstić information content (AvgIpc) is 2.93. The molecule has 0 spiro atoms. The lowest BCUT2D eigenvalue weighted by Crippen LogP contribution is -2.25. The number of rotatable bonds is 6. The molecule has 130 valence electrons. The van der Waals surface area contributed by atoms with Crippen molar-refractivity contribution in [1.82, 2.24) is 4.57 Å². The van der Waals surface area contributed by atoms with E-state index in [0.29, 0.717) is 16.8 Å². The van der Waals surface area contributed by atoms with E-state index < -0.39 is 5.76 Å². The second-order valence-corrected chi connectivity index (χ2v) is 5.69. The van der Waals surface area contributed by atoms with Gasteiger partial charge in [-0.1, -0.05) is 12.1 Å². The summed E-state index contributed by atoms with van der Waals surface area (Å²) in [4.78, 5) is 26.4. The van der Waals surface area contributed by atoms with Crippen LogP contribution in [0.2, 0.25) is 0 Å². The van der Waals surface area contributed by atoms with Crippen molar-refractivity contribution in [2.75, 3.05) is 23.3 Å². The molecule has 1 amide bonds. The zero-order chi connectivity index (χ0) is 17.8. The molecule has 0 aliphatic carbocycles. The van der Waals surface area contributed by atoms with Gasteiger partial charge in [0, 0.05) is 24.5 Å². The molecule has 3 aromatic rings. The van der Waals surface area contributed by atoms with Crippen molar-refractivity contribution in [3.05, 3.63) is 59.1 Å². The molecule has 25 heavy (non-hydrogen) atoms. The smallest absolute Gasteiger partial charge is 0.408 e. The van der Waals surface area contributed by atoms with Crippen LogP contribution in [-0.2, 0) is 11.3 Å². The van der Waals surface area contributed by atoms with E-state index in [0.717, 1.165) is 18.8 Å². The molecule has 0 aliphatic heterocycles. The van der Waals surface area contributed by atoms with Crippen molar-refractivity contribution in [3.8, 4) is 0 Å². The third kappa shape index (κ3) is 3.57. The number of amides is 1. The van der Waals surface area contributed by atoms with Gasteiger partial charge >= 0.3 is 5.76 Å². The van der Waals surface area contributed by atoms with Gasteiger partial charge in [0.2, 0.25) is 5.91 Å². The highest BCUT2D eigenvalue weighted by molar-refractivity contribution is 5.91. The second-order valence-electron chi connectivity index (χ2n) is 5.69. The molecule has 1 aromatic heterocycles. The van der Waals surface area contributed by atoms with Crippen molar-refractivity contribution >= 4 is 28.4 Å². The van der Waals surface area contributed by atoms with Crippen LogP contribution in [0, 0.1) is 0 Å². The van der Waals surface area contributed by atoms with E-state index in [2.05, 4.69) is 24.1 Å². The Bertz CT molecular complexity index is 921. The number of nitrogens with one attached hydrogen (secondary N) is 1. The van der Waals surface area contributed by atoms with Crippen LogP contribution in [0.5, 0.6) is 0 Å². The topological polar surface area (TPSA) is 67.5 Å². The van der Waals surface area contributed by atoms with Gasteiger partial charge in [-0.15, -0.1) is 0 Å². The Balaban J connectivity index is 1.72. The summed E-state index contributed by atoms with van der Waals surface area (Å²) in [6.07, 6.45) is 0. The zero-order valence-electron chi connectivity index (χ0n) is 14.4. The standard InChI is InChI=1S/C19H21N3O3/c1-3-21(4-2)15-11-9-14(10-12-15)20-18(23)13-22-16-7-5-6-8-17(16)25-19(22)24/h5-12H,3-4,13H2,1-2H3,(H,20,23). The Morgan fingerprint density at radius 1 is 1.08 bits per heavy atom. The lowest BCUT2D eigenvalue weighted by atomic mass is 10.2. The molecule has 3 rings (SSSR count). The third-order valence-electron chi connectivity index (χ3n) is 4.16. The number of hydrogen-bond donors (Lipinski definition) is 1.